The fourth-order valence-corrected chi connectivity index (χ4v) is 2.84. The van der Waals surface area contributed by atoms with Crippen molar-refractivity contribution in [1.82, 2.24) is 15.1 Å². The van der Waals surface area contributed by atoms with E-state index < -0.39 is 21.7 Å². The van der Waals surface area contributed by atoms with Crippen LogP contribution in [0.2, 0.25) is 0 Å². The average Bonchev–Trinajstić information content (AvgIpc) is 2.71. The summed E-state index contributed by atoms with van der Waals surface area (Å²) in [6.07, 6.45) is 9.98. The number of hydrogen-bond donors (Lipinski definition) is 4. The third-order valence-corrected chi connectivity index (χ3v) is 4.33. The van der Waals surface area contributed by atoms with Crippen LogP contribution in [0.25, 0.3) is 5.57 Å². The molecule has 0 saturated heterocycles. The number of allylic oxidation sites excluding steroid dienone is 6. The van der Waals surface area contributed by atoms with Gasteiger partial charge in [0.2, 0.25) is 5.69 Å². The molecule has 0 radical (unpaired) electrons. The Bertz CT molecular complexity index is 988. The van der Waals surface area contributed by atoms with Crippen LogP contribution in [0.15, 0.2) is 72.8 Å². The number of quaternary nitrogens is 1. The van der Waals surface area contributed by atoms with Gasteiger partial charge in [-0.15, -0.1) is 0 Å². The van der Waals surface area contributed by atoms with E-state index in [4.69, 9.17) is 0 Å². The number of hydrazine groups is 1. The van der Waals surface area contributed by atoms with Crippen LogP contribution in [0, 0.1) is 11.6 Å². The van der Waals surface area contributed by atoms with Crippen molar-refractivity contribution in [3.63, 3.8) is 0 Å². The number of amides is 1. The van der Waals surface area contributed by atoms with Gasteiger partial charge in [-0.3, -0.25) is 4.79 Å². The van der Waals surface area contributed by atoms with E-state index in [1.54, 1.807) is 0 Å². The lowest BCUT2D eigenvalue weighted by Gasteiger charge is -2.22. The van der Waals surface area contributed by atoms with Crippen LogP contribution in [0.4, 0.5) is 14.5 Å². The molecule has 0 spiro atoms. The number of hydrogen-bond acceptors (Lipinski definition) is 4. The highest BCUT2D eigenvalue weighted by molar-refractivity contribution is 7.79. The molecule has 1 amide bonds. The van der Waals surface area contributed by atoms with Gasteiger partial charge in [-0.05, 0) is 54.3 Å². The van der Waals surface area contributed by atoms with Crippen molar-refractivity contribution in [2.24, 2.45) is 0 Å². The molecular weight excluding hydrogens is 408 g/mol. The molecule has 0 aliphatic rings. The summed E-state index contributed by atoms with van der Waals surface area (Å²) in [5.41, 5.74) is 5.48. The first kappa shape index (κ1) is 23.5. The highest BCUT2D eigenvalue weighted by Crippen LogP contribution is 2.24. The summed E-state index contributed by atoms with van der Waals surface area (Å²) in [7, 11) is 0. The second kappa shape index (κ2) is 10.8. The van der Waals surface area contributed by atoms with Crippen LogP contribution >= 0.6 is 12.8 Å². The molecule has 5 nitrogen and oxygen atoms in total. The molecule has 8 heteroatoms. The second-order valence-electron chi connectivity index (χ2n) is 6.30. The first-order valence-corrected chi connectivity index (χ1v) is 9.66. The van der Waals surface area contributed by atoms with Gasteiger partial charge in [0.15, 0.2) is 5.82 Å². The van der Waals surface area contributed by atoms with Crippen LogP contribution in [0.1, 0.15) is 36.2 Å². The van der Waals surface area contributed by atoms with Gasteiger partial charge >= 0.3 is 0 Å². The molecule has 2 aromatic rings. The Labute approximate surface area is 180 Å². The average molecular weight is 433 g/mol. The largest absolute Gasteiger partial charge is 0.269 e. The highest BCUT2D eigenvalue weighted by Gasteiger charge is 2.30. The second-order valence-corrected chi connectivity index (χ2v) is 6.88. The first-order chi connectivity index (χ1) is 14.3. The SMILES string of the molecule is C\C=C/C=C\C(=C\CC)c1cc(F)cc(C(=O)NN[N+](O)(S)c2ccccc2F)c1. The van der Waals surface area contributed by atoms with Crippen LogP contribution in [-0.4, -0.2) is 11.1 Å². The Balaban J connectivity index is 2.24. The van der Waals surface area contributed by atoms with Gasteiger partial charge in [-0.25, -0.2) is 14.2 Å². The van der Waals surface area contributed by atoms with Crippen molar-refractivity contribution in [3.8, 4) is 0 Å². The van der Waals surface area contributed by atoms with E-state index in [0.717, 1.165) is 24.1 Å². The Hall–Kier alpha value is -2.78. The predicted molar refractivity (Wildman–Crippen MR) is 118 cm³/mol. The third-order valence-electron chi connectivity index (χ3n) is 4.01. The van der Waals surface area contributed by atoms with E-state index >= 15 is 0 Å². The number of rotatable bonds is 8. The number of thiol groups is 1. The number of nitrogens with zero attached hydrogens (tertiary/aromatic N) is 1. The minimum atomic E-state index is -1.44. The predicted octanol–water partition coefficient (Wildman–Crippen LogP) is 5.28. The number of nitrogens with one attached hydrogen (secondary N) is 2. The quantitative estimate of drug-likeness (QED) is 0.199. The van der Waals surface area contributed by atoms with Crippen molar-refractivity contribution >= 4 is 30.0 Å². The van der Waals surface area contributed by atoms with Gasteiger partial charge in [0, 0.05) is 15.8 Å². The molecule has 0 heterocycles. The van der Waals surface area contributed by atoms with E-state index in [-0.39, 0.29) is 11.3 Å². The molecule has 2 aromatic carbocycles. The van der Waals surface area contributed by atoms with Gasteiger partial charge in [-0.2, -0.15) is 5.21 Å². The number of halogens is 2. The van der Waals surface area contributed by atoms with Gasteiger partial charge in [-0.1, -0.05) is 49.4 Å². The summed E-state index contributed by atoms with van der Waals surface area (Å²) >= 11 is 3.91. The smallest absolute Gasteiger partial charge is 0.268 e. The number of para-hydroxylation sites is 1. The zero-order valence-corrected chi connectivity index (χ0v) is 17.5. The molecule has 158 valence electrons. The Kier molecular flexibility index (Phi) is 8.49. The summed E-state index contributed by atoms with van der Waals surface area (Å²) in [5.74, 6) is -2.05. The van der Waals surface area contributed by atoms with Gasteiger partial charge in [0.25, 0.3) is 5.91 Å². The molecule has 0 aliphatic carbocycles. The number of carbonyl (C=O) groups excluding carboxylic acids is 1. The summed E-state index contributed by atoms with van der Waals surface area (Å²) in [6, 6.07) is 9.30. The first-order valence-electron chi connectivity index (χ1n) is 9.26. The van der Waals surface area contributed by atoms with Crippen molar-refractivity contribution in [1.29, 1.82) is 0 Å². The summed E-state index contributed by atoms with van der Waals surface area (Å²) in [4.78, 5) is 12.5. The minimum Gasteiger partial charge on any atom is -0.268 e. The fraction of sp³-hybridized carbons (Fsp3) is 0.136. The van der Waals surface area contributed by atoms with E-state index in [1.807, 2.05) is 44.2 Å². The molecule has 30 heavy (non-hydrogen) atoms. The van der Waals surface area contributed by atoms with Crippen molar-refractivity contribution < 1.29 is 18.8 Å². The van der Waals surface area contributed by atoms with Crippen LogP contribution < -0.4 is 15.1 Å². The van der Waals surface area contributed by atoms with Crippen molar-refractivity contribution in [3.05, 3.63) is 95.6 Å². The van der Waals surface area contributed by atoms with Gasteiger partial charge < -0.3 is 0 Å². The Morgan fingerprint density at radius 1 is 1.17 bits per heavy atom. The summed E-state index contributed by atoms with van der Waals surface area (Å²) < 4.78 is 26.6. The van der Waals surface area contributed by atoms with E-state index in [0.29, 0.717) is 5.56 Å². The molecule has 0 aromatic heterocycles. The molecule has 0 aliphatic heterocycles. The maximum absolute atomic E-state index is 14.2. The molecular formula is C22H24F2N3O2S+. The molecule has 2 rings (SSSR count). The maximum atomic E-state index is 14.2. The van der Waals surface area contributed by atoms with E-state index in [2.05, 4.69) is 23.8 Å². The Morgan fingerprint density at radius 2 is 1.87 bits per heavy atom. The molecule has 1 unspecified atom stereocenters. The molecule has 0 saturated carbocycles. The van der Waals surface area contributed by atoms with E-state index in [1.165, 1.54) is 30.3 Å². The maximum Gasteiger partial charge on any atom is 0.269 e. The minimum absolute atomic E-state index is 0.0146. The number of benzene rings is 2. The normalized spacial score (nSPS) is 14.3. The molecule has 1 atom stereocenters. The summed E-state index contributed by atoms with van der Waals surface area (Å²) in [6.45, 7) is 3.84. The van der Waals surface area contributed by atoms with Crippen molar-refractivity contribution in [2.75, 3.05) is 0 Å². The zero-order valence-electron chi connectivity index (χ0n) is 16.6. The van der Waals surface area contributed by atoms with Gasteiger partial charge in [0.1, 0.15) is 18.6 Å². The van der Waals surface area contributed by atoms with E-state index in [9.17, 15) is 18.8 Å². The van der Waals surface area contributed by atoms with Crippen molar-refractivity contribution in [2.45, 2.75) is 20.3 Å². The number of carbonyl (C=O) groups is 1. The van der Waals surface area contributed by atoms with Crippen LogP contribution in [-0.2, 0) is 0 Å². The van der Waals surface area contributed by atoms with Crippen LogP contribution in [0.3, 0.4) is 0 Å². The summed E-state index contributed by atoms with van der Waals surface area (Å²) in [5, 5.41) is 10.3. The lowest BCUT2D eigenvalue weighted by atomic mass is 10.0. The topological polar surface area (TPSA) is 61.4 Å². The fourth-order valence-electron chi connectivity index (χ4n) is 2.63. The molecule has 0 fully saturated rings. The Morgan fingerprint density at radius 3 is 2.53 bits per heavy atom. The highest BCUT2D eigenvalue weighted by atomic mass is 32.1. The monoisotopic (exact) mass is 432 g/mol. The molecule has 3 N–H and O–H groups in total. The third kappa shape index (κ3) is 6.36. The van der Waals surface area contributed by atoms with Crippen LogP contribution in [0.5, 0.6) is 0 Å². The lowest BCUT2D eigenvalue weighted by Crippen LogP contribution is -2.57. The van der Waals surface area contributed by atoms with Gasteiger partial charge in [0.05, 0.1) is 0 Å². The standard InChI is InChI=1S/C22H23F2N3O2S/c1-3-5-6-10-16(9-4-2)17-13-18(15-19(23)14-17)22(28)25-26-27(29,30)21-12-8-7-11-20(21)24/h3,5-15,26,29-30H,4H2,1-2H3/p+1/b5-3-,10-6-,16-9-. The molecule has 0 bridgehead atoms. The zero-order chi connectivity index (χ0) is 22.1. The lowest BCUT2D eigenvalue weighted by molar-refractivity contribution is -0.0360.